The lowest BCUT2D eigenvalue weighted by Gasteiger charge is -2.04. The number of hydrogen-bond donors (Lipinski definition) is 0. The van der Waals surface area contributed by atoms with Crippen LogP contribution < -0.4 is 0 Å². The minimum atomic E-state index is -0.0787. The standard InChI is InChI=1S/C10H6Cl2N2OS/c11-7-2-1-3-8(12)6(7)4-9(15)10-5-13-14-16-10/h1-3,5H,4H2. The lowest BCUT2D eigenvalue weighted by Crippen LogP contribution is -2.02. The molecule has 0 fully saturated rings. The molecule has 0 atom stereocenters. The second-order valence-corrected chi connectivity index (χ2v) is 4.68. The average Bonchev–Trinajstić information content (AvgIpc) is 2.76. The molecule has 6 heteroatoms. The Hall–Kier alpha value is -0.970. The minimum absolute atomic E-state index is 0.0787. The van der Waals surface area contributed by atoms with Gasteiger partial charge in [0, 0.05) is 16.5 Å². The number of Topliss-reactive ketones (excluding diaryl/α,β-unsaturated/α-hetero) is 1. The monoisotopic (exact) mass is 272 g/mol. The van der Waals surface area contributed by atoms with E-state index in [4.69, 9.17) is 23.2 Å². The zero-order chi connectivity index (χ0) is 11.5. The first-order valence-corrected chi connectivity index (χ1v) is 5.95. The fraction of sp³-hybridized carbons (Fsp3) is 0.100. The van der Waals surface area contributed by atoms with Gasteiger partial charge < -0.3 is 0 Å². The van der Waals surface area contributed by atoms with Crippen LogP contribution in [0.25, 0.3) is 0 Å². The van der Waals surface area contributed by atoms with Crippen molar-refractivity contribution in [2.24, 2.45) is 0 Å². The number of carbonyl (C=O) groups excluding carboxylic acids is 1. The number of hydrogen-bond acceptors (Lipinski definition) is 4. The smallest absolute Gasteiger partial charge is 0.180 e. The molecule has 2 rings (SSSR count). The maximum atomic E-state index is 11.8. The summed E-state index contributed by atoms with van der Waals surface area (Å²) in [6.45, 7) is 0. The van der Waals surface area contributed by atoms with Crippen LogP contribution in [0.2, 0.25) is 10.0 Å². The molecule has 1 heterocycles. The normalized spacial score (nSPS) is 10.4. The Morgan fingerprint density at radius 2 is 2.00 bits per heavy atom. The molecule has 0 aliphatic rings. The molecule has 0 aliphatic carbocycles. The van der Waals surface area contributed by atoms with Crippen LogP contribution in [0.15, 0.2) is 24.4 Å². The van der Waals surface area contributed by atoms with Crippen molar-refractivity contribution in [1.29, 1.82) is 0 Å². The number of rotatable bonds is 3. The third kappa shape index (κ3) is 2.40. The van der Waals surface area contributed by atoms with Crippen LogP contribution in [0.5, 0.6) is 0 Å². The van der Waals surface area contributed by atoms with Crippen molar-refractivity contribution in [3.05, 3.63) is 44.9 Å². The maximum absolute atomic E-state index is 11.8. The molecule has 0 radical (unpaired) electrons. The fourth-order valence-corrected chi connectivity index (χ4v) is 2.22. The zero-order valence-electron chi connectivity index (χ0n) is 7.98. The van der Waals surface area contributed by atoms with Crippen molar-refractivity contribution in [3.8, 4) is 0 Å². The van der Waals surface area contributed by atoms with Gasteiger partial charge in [0.15, 0.2) is 5.78 Å². The van der Waals surface area contributed by atoms with Gasteiger partial charge in [-0.2, -0.15) is 0 Å². The molecular weight excluding hydrogens is 267 g/mol. The van der Waals surface area contributed by atoms with Crippen molar-refractivity contribution >= 4 is 40.5 Å². The number of benzene rings is 1. The van der Waals surface area contributed by atoms with Crippen LogP contribution in [-0.4, -0.2) is 15.4 Å². The largest absolute Gasteiger partial charge is 0.293 e. The summed E-state index contributed by atoms with van der Waals surface area (Å²) in [7, 11) is 0. The van der Waals surface area contributed by atoms with E-state index in [1.165, 1.54) is 6.20 Å². The third-order valence-corrected chi connectivity index (χ3v) is 3.45. The highest BCUT2D eigenvalue weighted by Crippen LogP contribution is 2.25. The molecule has 0 saturated carbocycles. The second-order valence-electron chi connectivity index (χ2n) is 3.08. The van der Waals surface area contributed by atoms with Gasteiger partial charge in [0.25, 0.3) is 0 Å². The van der Waals surface area contributed by atoms with E-state index in [2.05, 4.69) is 9.59 Å². The van der Waals surface area contributed by atoms with E-state index in [0.717, 1.165) is 11.5 Å². The summed E-state index contributed by atoms with van der Waals surface area (Å²) in [5.41, 5.74) is 0.643. The Bertz CT molecular complexity index is 493. The molecule has 1 aromatic heterocycles. The van der Waals surface area contributed by atoms with Gasteiger partial charge in [-0.1, -0.05) is 33.8 Å². The molecule has 3 nitrogen and oxygen atoms in total. The quantitative estimate of drug-likeness (QED) is 0.806. The molecule has 0 N–H and O–H groups in total. The van der Waals surface area contributed by atoms with Gasteiger partial charge in [-0.05, 0) is 29.2 Å². The minimum Gasteiger partial charge on any atom is -0.293 e. The number of carbonyl (C=O) groups is 1. The summed E-state index contributed by atoms with van der Waals surface area (Å²) in [6, 6.07) is 5.16. The molecule has 0 saturated heterocycles. The van der Waals surface area contributed by atoms with Crippen molar-refractivity contribution in [3.63, 3.8) is 0 Å². The molecule has 0 amide bonds. The van der Waals surface area contributed by atoms with Gasteiger partial charge in [0.05, 0.1) is 6.20 Å². The molecule has 0 bridgehead atoms. The first kappa shape index (κ1) is 11.5. The molecule has 1 aromatic carbocycles. The van der Waals surface area contributed by atoms with Crippen LogP contribution in [0.3, 0.4) is 0 Å². The number of halogens is 2. The summed E-state index contributed by atoms with van der Waals surface area (Å²) >= 11 is 13.0. The van der Waals surface area contributed by atoms with E-state index in [9.17, 15) is 4.79 Å². The van der Waals surface area contributed by atoms with Crippen molar-refractivity contribution in [2.75, 3.05) is 0 Å². The first-order chi connectivity index (χ1) is 7.68. The number of aromatic nitrogens is 2. The van der Waals surface area contributed by atoms with E-state index >= 15 is 0 Å². The predicted molar refractivity (Wildman–Crippen MR) is 64.4 cm³/mol. The molecular formula is C10H6Cl2N2OS. The van der Waals surface area contributed by atoms with Crippen molar-refractivity contribution < 1.29 is 4.79 Å². The van der Waals surface area contributed by atoms with Crippen LogP contribution in [-0.2, 0) is 6.42 Å². The van der Waals surface area contributed by atoms with E-state index in [-0.39, 0.29) is 12.2 Å². The summed E-state index contributed by atoms with van der Waals surface area (Å²) in [5, 5.41) is 4.61. The molecule has 0 aliphatic heterocycles. The molecule has 16 heavy (non-hydrogen) atoms. The lowest BCUT2D eigenvalue weighted by atomic mass is 10.1. The fourth-order valence-electron chi connectivity index (χ4n) is 1.24. The summed E-state index contributed by atoms with van der Waals surface area (Å²) in [4.78, 5) is 12.3. The average molecular weight is 273 g/mol. The Labute approximate surface area is 106 Å². The van der Waals surface area contributed by atoms with Gasteiger partial charge in [0.1, 0.15) is 4.88 Å². The number of nitrogens with zero attached hydrogens (tertiary/aromatic N) is 2. The number of ketones is 1. The van der Waals surface area contributed by atoms with Gasteiger partial charge in [0.2, 0.25) is 0 Å². The molecule has 0 spiro atoms. The Balaban J connectivity index is 2.25. The Morgan fingerprint density at radius 3 is 2.56 bits per heavy atom. The van der Waals surface area contributed by atoms with Crippen LogP contribution in [0.1, 0.15) is 15.2 Å². The summed E-state index contributed by atoms with van der Waals surface area (Å²) in [6.07, 6.45) is 1.61. The van der Waals surface area contributed by atoms with Crippen LogP contribution >= 0.6 is 34.7 Å². The highest BCUT2D eigenvalue weighted by molar-refractivity contribution is 7.07. The third-order valence-electron chi connectivity index (χ3n) is 2.04. The SMILES string of the molecule is O=C(Cc1c(Cl)cccc1Cl)c1cnns1. The molecule has 0 unspecified atom stereocenters. The summed E-state index contributed by atoms with van der Waals surface area (Å²) in [5.74, 6) is -0.0787. The Kier molecular flexibility index (Phi) is 3.53. The zero-order valence-corrected chi connectivity index (χ0v) is 10.3. The topological polar surface area (TPSA) is 42.9 Å². The second kappa shape index (κ2) is 4.91. The van der Waals surface area contributed by atoms with E-state index in [1.54, 1.807) is 18.2 Å². The van der Waals surface area contributed by atoms with Gasteiger partial charge in [-0.3, -0.25) is 4.79 Å². The predicted octanol–water partition coefficient (Wildman–Crippen LogP) is 3.27. The van der Waals surface area contributed by atoms with E-state index in [1.807, 2.05) is 0 Å². The van der Waals surface area contributed by atoms with E-state index < -0.39 is 0 Å². The first-order valence-electron chi connectivity index (χ1n) is 4.42. The summed E-state index contributed by atoms with van der Waals surface area (Å²) < 4.78 is 3.63. The molecule has 2 aromatic rings. The van der Waals surface area contributed by atoms with Crippen molar-refractivity contribution in [1.82, 2.24) is 9.59 Å². The van der Waals surface area contributed by atoms with Gasteiger partial charge in [-0.25, -0.2) is 0 Å². The maximum Gasteiger partial charge on any atom is 0.180 e. The highest BCUT2D eigenvalue weighted by atomic mass is 35.5. The lowest BCUT2D eigenvalue weighted by molar-refractivity contribution is 0.0996. The van der Waals surface area contributed by atoms with Gasteiger partial charge >= 0.3 is 0 Å². The van der Waals surface area contributed by atoms with Crippen molar-refractivity contribution in [2.45, 2.75) is 6.42 Å². The Morgan fingerprint density at radius 1 is 1.31 bits per heavy atom. The van der Waals surface area contributed by atoms with Crippen LogP contribution in [0.4, 0.5) is 0 Å². The molecule has 82 valence electrons. The van der Waals surface area contributed by atoms with E-state index in [0.29, 0.717) is 20.5 Å². The van der Waals surface area contributed by atoms with Crippen LogP contribution in [0, 0.1) is 0 Å². The van der Waals surface area contributed by atoms with Gasteiger partial charge in [-0.15, -0.1) is 5.10 Å². The highest BCUT2D eigenvalue weighted by Gasteiger charge is 2.14.